The number of ether oxygens (including phenoxy) is 1. The van der Waals surface area contributed by atoms with Crippen LogP contribution in [0.4, 0.5) is 15.8 Å². The summed E-state index contributed by atoms with van der Waals surface area (Å²) in [6.07, 6.45) is 0. The maximum absolute atomic E-state index is 13.5. The third kappa shape index (κ3) is 3.03. The van der Waals surface area contributed by atoms with Crippen molar-refractivity contribution in [2.45, 2.75) is 0 Å². The molecule has 5 heteroatoms. The maximum Gasteiger partial charge on any atom is 0.339 e. The second kappa shape index (κ2) is 5.71. The largest absolute Gasteiger partial charge is 0.465 e. The van der Waals surface area contributed by atoms with E-state index in [1.54, 1.807) is 30.3 Å². The summed E-state index contributed by atoms with van der Waals surface area (Å²) in [5.74, 6) is -0.917. The molecule has 0 saturated heterocycles. The standard InChI is InChI=1S/C14H11ClFNO2/c1-19-14(18)10-8-9(6-7-11(10)15)17-13-5-3-2-4-12(13)16/h2-8,17H,1H3. The van der Waals surface area contributed by atoms with Crippen LogP contribution in [0.15, 0.2) is 42.5 Å². The number of carbonyl (C=O) groups is 1. The highest BCUT2D eigenvalue weighted by Gasteiger charge is 2.11. The van der Waals surface area contributed by atoms with Crippen LogP contribution < -0.4 is 5.32 Å². The molecule has 0 bridgehead atoms. The molecule has 0 aromatic heterocycles. The molecular formula is C14H11ClFNO2. The van der Waals surface area contributed by atoms with E-state index in [1.165, 1.54) is 19.2 Å². The summed E-state index contributed by atoms with van der Waals surface area (Å²) in [5, 5.41) is 3.16. The van der Waals surface area contributed by atoms with Crippen molar-refractivity contribution in [2.75, 3.05) is 12.4 Å². The average Bonchev–Trinajstić information content (AvgIpc) is 2.42. The minimum Gasteiger partial charge on any atom is -0.465 e. The van der Waals surface area contributed by atoms with Gasteiger partial charge in [0.25, 0.3) is 0 Å². The van der Waals surface area contributed by atoms with Crippen molar-refractivity contribution in [3.63, 3.8) is 0 Å². The quantitative estimate of drug-likeness (QED) is 0.863. The molecule has 2 aromatic carbocycles. The van der Waals surface area contributed by atoms with Crippen molar-refractivity contribution < 1.29 is 13.9 Å². The Morgan fingerprint density at radius 2 is 2.00 bits per heavy atom. The monoisotopic (exact) mass is 279 g/mol. The van der Waals surface area contributed by atoms with Gasteiger partial charge in [-0.2, -0.15) is 0 Å². The number of hydrogen-bond donors (Lipinski definition) is 1. The number of anilines is 2. The minimum atomic E-state index is -0.540. The Bertz CT molecular complexity index is 616. The first-order valence-corrected chi connectivity index (χ1v) is 5.89. The van der Waals surface area contributed by atoms with Crippen LogP contribution in [0, 0.1) is 5.82 Å². The van der Waals surface area contributed by atoms with E-state index in [0.29, 0.717) is 11.4 Å². The summed E-state index contributed by atoms with van der Waals surface area (Å²) in [6.45, 7) is 0. The molecule has 0 unspecified atom stereocenters. The molecule has 98 valence electrons. The van der Waals surface area contributed by atoms with Gasteiger partial charge in [-0.25, -0.2) is 9.18 Å². The van der Waals surface area contributed by atoms with Gasteiger partial charge in [-0.05, 0) is 30.3 Å². The van der Waals surface area contributed by atoms with Gasteiger partial charge in [-0.1, -0.05) is 23.7 Å². The smallest absolute Gasteiger partial charge is 0.339 e. The number of nitrogens with one attached hydrogen (secondary N) is 1. The van der Waals surface area contributed by atoms with E-state index in [2.05, 4.69) is 10.1 Å². The molecule has 0 saturated carbocycles. The lowest BCUT2D eigenvalue weighted by Gasteiger charge is -2.09. The molecule has 0 heterocycles. The second-order valence-corrected chi connectivity index (χ2v) is 4.20. The number of hydrogen-bond acceptors (Lipinski definition) is 3. The molecule has 3 nitrogen and oxygen atoms in total. The van der Waals surface area contributed by atoms with Crippen LogP contribution in [0.25, 0.3) is 0 Å². The molecule has 0 aliphatic carbocycles. The summed E-state index contributed by atoms with van der Waals surface area (Å²) in [6, 6.07) is 11.0. The van der Waals surface area contributed by atoms with Crippen molar-refractivity contribution in [1.29, 1.82) is 0 Å². The van der Waals surface area contributed by atoms with E-state index in [4.69, 9.17) is 11.6 Å². The van der Waals surface area contributed by atoms with Crippen LogP contribution in [-0.4, -0.2) is 13.1 Å². The van der Waals surface area contributed by atoms with Crippen LogP contribution in [0.5, 0.6) is 0 Å². The first kappa shape index (κ1) is 13.4. The van der Waals surface area contributed by atoms with Gasteiger partial charge in [0.1, 0.15) is 5.82 Å². The van der Waals surface area contributed by atoms with Gasteiger partial charge in [0.2, 0.25) is 0 Å². The van der Waals surface area contributed by atoms with Crippen LogP contribution in [0.3, 0.4) is 0 Å². The summed E-state index contributed by atoms with van der Waals surface area (Å²) in [4.78, 5) is 11.5. The molecule has 0 spiro atoms. The highest BCUT2D eigenvalue weighted by Crippen LogP contribution is 2.25. The molecule has 0 fully saturated rings. The topological polar surface area (TPSA) is 38.3 Å². The van der Waals surface area contributed by atoms with Crippen molar-refractivity contribution in [3.05, 3.63) is 58.9 Å². The minimum absolute atomic E-state index is 0.227. The molecule has 0 aliphatic heterocycles. The highest BCUT2D eigenvalue weighted by molar-refractivity contribution is 6.33. The molecule has 2 rings (SSSR count). The molecule has 19 heavy (non-hydrogen) atoms. The van der Waals surface area contributed by atoms with Crippen molar-refractivity contribution >= 4 is 28.9 Å². The number of methoxy groups -OCH3 is 1. The molecule has 0 aliphatic rings. The van der Waals surface area contributed by atoms with Crippen molar-refractivity contribution in [3.8, 4) is 0 Å². The van der Waals surface area contributed by atoms with Crippen molar-refractivity contribution in [1.82, 2.24) is 0 Å². The average molecular weight is 280 g/mol. The van der Waals surface area contributed by atoms with E-state index in [1.807, 2.05) is 0 Å². The molecular weight excluding hydrogens is 269 g/mol. The Balaban J connectivity index is 2.32. The predicted molar refractivity (Wildman–Crippen MR) is 72.5 cm³/mol. The lowest BCUT2D eigenvalue weighted by atomic mass is 10.2. The molecule has 0 atom stereocenters. The van der Waals surface area contributed by atoms with Crippen LogP contribution in [0.1, 0.15) is 10.4 Å². The van der Waals surface area contributed by atoms with Crippen molar-refractivity contribution in [2.24, 2.45) is 0 Å². The number of esters is 1. The SMILES string of the molecule is COC(=O)c1cc(Nc2ccccc2F)ccc1Cl. The van der Waals surface area contributed by atoms with E-state index in [0.717, 1.165) is 0 Å². The van der Waals surface area contributed by atoms with Crippen LogP contribution >= 0.6 is 11.6 Å². The zero-order valence-electron chi connectivity index (χ0n) is 10.1. The molecule has 1 N–H and O–H groups in total. The van der Waals surface area contributed by atoms with E-state index in [9.17, 15) is 9.18 Å². The maximum atomic E-state index is 13.5. The summed E-state index contributed by atoms with van der Waals surface area (Å²) in [5.41, 5.74) is 1.10. The number of benzene rings is 2. The lowest BCUT2D eigenvalue weighted by Crippen LogP contribution is -2.03. The summed E-state index contributed by atoms with van der Waals surface area (Å²) >= 11 is 5.90. The Morgan fingerprint density at radius 3 is 2.68 bits per heavy atom. The Hall–Kier alpha value is -2.07. The van der Waals surface area contributed by atoms with Gasteiger partial charge >= 0.3 is 5.97 Å². The zero-order chi connectivity index (χ0) is 13.8. The normalized spacial score (nSPS) is 10.1. The van der Waals surface area contributed by atoms with Crippen LogP contribution in [-0.2, 0) is 4.74 Å². The first-order chi connectivity index (χ1) is 9.11. The first-order valence-electron chi connectivity index (χ1n) is 5.51. The fourth-order valence-corrected chi connectivity index (χ4v) is 1.78. The van der Waals surface area contributed by atoms with E-state index >= 15 is 0 Å². The number of carbonyl (C=O) groups excluding carboxylic acids is 1. The van der Waals surface area contributed by atoms with Gasteiger partial charge in [0, 0.05) is 5.69 Å². The lowest BCUT2D eigenvalue weighted by molar-refractivity contribution is 0.0601. The van der Waals surface area contributed by atoms with Crippen LogP contribution in [0.2, 0.25) is 5.02 Å². The van der Waals surface area contributed by atoms with E-state index in [-0.39, 0.29) is 16.4 Å². The fourth-order valence-electron chi connectivity index (χ4n) is 1.59. The summed E-state index contributed by atoms with van der Waals surface area (Å²) in [7, 11) is 1.27. The Labute approximate surface area is 115 Å². The van der Waals surface area contributed by atoms with Gasteiger partial charge in [0.15, 0.2) is 0 Å². The van der Waals surface area contributed by atoms with Gasteiger partial charge in [0.05, 0.1) is 23.4 Å². The number of para-hydroxylation sites is 1. The van der Waals surface area contributed by atoms with E-state index < -0.39 is 5.97 Å². The third-order valence-electron chi connectivity index (χ3n) is 2.52. The van der Waals surface area contributed by atoms with Gasteiger partial charge < -0.3 is 10.1 Å². The van der Waals surface area contributed by atoms with Gasteiger partial charge in [-0.3, -0.25) is 0 Å². The molecule has 0 radical (unpaired) electrons. The number of halogens is 2. The number of rotatable bonds is 3. The van der Waals surface area contributed by atoms with Gasteiger partial charge in [-0.15, -0.1) is 0 Å². The molecule has 2 aromatic rings. The Kier molecular flexibility index (Phi) is 4.02. The molecule has 0 amide bonds. The Morgan fingerprint density at radius 1 is 1.26 bits per heavy atom. The second-order valence-electron chi connectivity index (χ2n) is 3.79. The third-order valence-corrected chi connectivity index (χ3v) is 2.85. The fraction of sp³-hybridized carbons (Fsp3) is 0.0714. The predicted octanol–water partition coefficient (Wildman–Crippen LogP) is 4.01. The zero-order valence-corrected chi connectivity index (χ0v) is 10.9. The highest BCUT2D eigenvalue weighted by atomic mass is 35.5. The summed E-state index contributed by atoms with van der Waals surface area (Å²) < 4.78 is 18.1.